The molecule has 0 radical (unpaired) electrons. The first-order valence-electron chi connectivity index (χ1n) is 14.5. The van der Waals surface area contributed by atoms with E-state index in [0.717, 1.165) is 27.1 Å². The Hall–Kier alpha value is -4.60. The van der Waals surface area contributed by atoms with Crippen molar-refractivity contribution in [3.63, 3.8) is 0 Å². The number of rotatable bonds is 6. The molecule has 0 aliphatic carbocycles. The third kappa shape index (κ3) is 5.33. The van der Waals surface area contributed by atoms with Crippen LogP contribution in [0.15, 0.2) is 115 Å². The molecule has 2 aliphatic heterocycles. The fraction of sp³-hybridized carbons (Fsp3) is 0.222. The van der Waals surface area contributed by atoms with E-state index in [1.165, 1.54) is 7.11 Å². The zero-order chi connectivity index (χ0) is 30.0. The Bertz CT molecular complexity index is 1790. The summed E-state index contributed by atoms with van der Waals surface area (Å²) in [7, 11) is 1.45. The molecule has 1 unspecified atom stereocenters. The Kier molecular flexibility index (Phi) is 7.80. The number of carbonyl (C=O) groups excluding carboxylic acids is 2. The average Bonchev–Trinajstić information content (AvgIpc) is 3.08. The van der Waals surface area contributed by atoms with Crippen molar-refractivity contribution in [2.75, 3.05) is 13.7 Å². The summed E-state index contributed by atoms with van der Waals surface area (Å²) in [6, 6.07) is 35.4. The maximum Gasteiger partial charge on any atom is 0.339 e. The summed E-state index contributed by atoms with van der Waals surface area (Å²) in [5.74, 6) is -1.19. The third-order valence-electron chi connectivity index (χ3n) is 8.09. The van der Waals surface area contributed by atoms with Gasteiger partial charge in [0.25, 0.3) is 0 Å². The minimum absolute atomic E-state index is 0.149. The van der Waals surface area contributed by atoms with Crippen LogP contribution in [0.25, 0.3) is 21.5 Å². The first-order valence-corrected chi connectivity index (χ1v) is 14.5. The molecule has 6 atom stereocenters. The van der Waals surface area contributed by atoms with E-state index in [1.807, 2.05) is 91.0 Å². The van der Waals surface area contributed by atoms with Crippen molar-refractivity contribution < 1.29 is 38.0 Å². The van der Waals surface area contributed by atoms with Crippen molar-refractivity contribution in [3.8, 4) is 0 Å². The molecule has 222 valence electrons. The Morgan fingerprint density at radius 1 is 0.636 bits per heavy atom. The molecule has 5 aromatic rings. The van der Waals surface area contributed by atoms with Gasteiger partial charge >= 0.3 is 11.9 Å². The zero-order valence-electron chi connectivity index (χ0n) is 23.9. The fourth-order valence-corrected chi connectivity index (χ4v) is 5.96. The Morgan fingerprint density at radius 3 is 1.80 bits per heavy atom. The highest BCUT2D eigenvalue weighted by Crippen LogP contribution is 2.37. The Morgan fingerprint density at radius 2 is 1.18 bits per heavy atom. The number of benzene rings is 5. The monoisotopic (exact) mass is 590 g/mol. The smallest absolute Gasteiger partial charge is 0.339 e. The van der Waals surface area contributed by atoms with Gasteiger partial charge in [-0.15, -0.1) is 0 Å². The van der Waals surface area contributed by atoms with Gasteiger partial charge in [0.05, 0.1) is 17.7 Å². The minimum atomic E-state index is -1.15. The van der Waals surface area contributed by atoms with Gasteiger partial charge in [0.1, 0.15) is 12.2 Å². The number of hydrogen-bond donors (Lipinski definition) is 0. The van der Waals surface area contributed by atoms with Crippen molar-refractivity contribution in [1.82, 2.24) is 0 Å². The standard InChI is InChI=1S/C36H30O8/c1-39-36-32(43-34(38)28-20-10-16-23-12-6-8-18-26(23)28)31(42-33(37)27-19-9-15-22-11-5-7-17-25(22)27)30-29(41-36)21-40-35(44-30)24-13-3-2-4-14-24/h2-20,29-32,35-36H,21H2,1H3/t29-,30-,31+,32-,35?,36+/m1/s1. The van der Waals surface area contributed by atoms with Crippen LogP contribution >= 0.6 is 0 Å². The van der Waals surface area contributed by atoms with Crippen LogP contribution < -0.4 is 0 Å². The largest absolute Gasteiger partial charge is 0.452 e. The second kappa shape index (κ2) is 12.2. The van der Waals surface area contributed by atoms with Gasteiger partial charge in [0, 0.05) is 12.7 Å². The Labute approximate surface area is 254 Å². The van der Waals surface area contributed by atoms with Gasteiger partial charge in [-0.1, -0.05) is 103 Å². The quantitative estimate of drug-likeness (QED) is 0.215. The summed E-state index contributed by atoms with van der Waals surface area (Å²) in [4.78, 5) is 27.7. The van der Waals surface area contributed by atoms with E-state index in [-0.39, 0.29) is 6.61 Å². The number of esters is 2. The SMILES string of the molecule is CO[C@H]1O[C@@H]2COC(c3ccccc3)O[C@H]2[C@H](OC(=O)c2cccc3ccccc23)[C@H]1OC(=O)c1cccc2ccccc12. The van der Waals surface area contributed by atoms with Crippen LogP contribution in [0.5, 0.6) is 0 Å². The number of hydrogen-bond acceptors (Lipinski definition) is 8. The molecule has 2 heterocycles. The van der Waals surface area contributed by atoms with Crippen LogP contribution in [0.3, 0.4) is 0 Å². The van der Waals surface area contributed by atoms with Gasteiger partial charge in [-0.25, -0.2) is 9.59 Å². The lowest BCUT2D eigenvalue weighted by atomic mass is 9.96. The Balaban J connectivity index is 1.26. The third-order valence-corrected chi connectivity index (χ3v) is 8.09. The highest BCUT2D eigenvalue weighted by atomic mass is 16.8. The van der Waals surface area contributed by atoms with E-state index < -0.39 is 48.9 Å². The minimum Gasteiger partial charge on any atom is -0.452 e. The molecular formula is C36H30O8. The molecule has 2 aliphatic rings. The highest BCUT2D eigenvalue weighted by molar-refractivity contribution is 6.05. The number of carbonyl (C=O) groups is 2. The van der Waals surface area contributed by atoms with Gasteiger partial charge in [0.15, 0.2) is 24.8 Å². The maximum atomic E-state index is 13.9. The summed E-state index contributed by atoms with van der Waals surface area (Å²) in [6.07, 6.45) is -5.52. The summed E-state index contributed by atoms with van der Waals surface area (Å²) in [5, 5.41) is 3.26. The molecule has 2 saturated heterocycles. The first kappa shape index (κ1) is 28.2. The van der Waals surface area contributed by atoms with Crippen molar-refractivity contribution in [3.05, 3.63) is 132 Å². The van der Waals surface area contributed by atoms with Crippen molar-refractivity contribution >= 4 is 33.5 Å². The molecular weight excluding hydrogens is 560 g/mol. The van der Waals surface area contributed by atoms with Gasteiger partial charge in [0.2, 0.25) is 0 Å². The zero-order valence-corrected chi connectivity index (χ0v) is 23.9. The van der Waals surface area contributed by atoms with Crippen LogP contribution in [0.4, 0.5) is 0 Å². The van der Waals surface area contributed by atoms with Crippen molar-refractivity contribution in [1.29, 1.82) is 0 Å². The van der Waals surface area contributed by atoms with E-state index in [4.69, 9.17) is 28.4 Å². The van der Waals surface area contributed by atoms with Gasteiger partial charge in [-0.2, -0.15) is 0 Å². The molecule has 0 aromatic heterocycles. The molecule has 7 rings (SSSR count). The molecule has 0 spiro atoms. The van der Waals surface area contributed by atoms with Gasteiger partial charge in [-0.05, 0) is 33.7 Å². The molecule has 0 N–H and O–H groups in total. The van der Waals surface area contributed by atoms with E-state index in [2.05, 4.69) is 0 Å². The second-order valence-corrected chi connectivity index (χ2v) is 10.7. The molecule has 2 fully saturated rings. The molecule has 0 amide bonds. The number of methoxy groups -OCH3 is 1. The van der Waals surface area contributed by atoms with E-state index in [0.29, 0.717) is 11.1 Å². The van der Waals surface area contributed by atoms with Crippen LogP contribution in [0.1, 0.15) is 32.6 Å². The normalized spacial score (nSPS) is 24.8. The summed E-state index contributed by atoms with van der Waals surface area (Å²) in [6.45, 7) is 0.149. The fourth-order valence-electron chi connectivity index (χ4n) is 5.96. The average molecular weight is 591 g/mol. The van der Waals surface area contributed by atoms with Gasteiger partial charge in [-0.3, -0.25) is 0 Å². The highest BCUT2D eigenvalue weighted by Gasteiger charge is 2.54. The first-order chi connectivity index (χ1) is 21.6. The van der Waals surface area contributed by atoms with E-state index in [9.17, 15) is 9.59 Å². The lowest BCUT2D eigenvalue weighted by Gasteiger charge is -2.47. The number of fused-ring (bicyclic) bond motifs is 3. The predicted molar refractivity (Wildman–Crippen MR) is 162 cm³/mol. The molecule has 8 heteroatoms. The molecule has 0 saturated carbocycles. The number of ether oxygens (including phenoxy) is 6. The summed E-state index contributed by atoms with van der Waals surface area (Å²) in [5.41, 5.74) is 1.54. The van der Waals surface area contributed by atoms with Crippen LogP contribution in [0, 0.1) is 0 Å². The van der Waals surface area contributed by atoms with Crippen LogP contribution in [-0.2, 0) is 28.4 Å². The van der Waals surface area contributed by atoms with E-state index >= 15 is 0 Å². The van der Waals surface area contributed by atoms with Gasteiger partial charge < -0.3 is 28.4 Å². The van der Waals surface area contributed by atoms with E-state index in [1.54, 1.807) is 24.3 Å². The van der Waals surface area contributed by atoms with Crippen LogP contribution in [-0.4, -0.2) is 56.4 Å². The second-order valence-electron chi connectivity index (χ2n) is 10.7. The van der Waals surface area contributed by atoms with Crippen molar-refractivity contribution in [2.45, 2.75) is 37.0 Å². The molecule has 8 nitrogen and oxygen atoms in total. The van der Waals surface area contributed by atoms with Crippen LogP contribution in [0.2, 0.25) is 0 Å². The predicted octanol–water partition coefficient (Wildman–Crippen LogP) is 6.23. The molecule has 44 heavy (non-hydrogen) atoms. The molecule has 0 bridgehead atoms. The lowest BCUT2D eigenvalue weighted by Crippen LogP contribution is -2.64. The van der Waals surface area contributed by atoms with Crippen molar-refractivity contribution in [2.24, 2.45) is 0 Å². The maximum absolute atomic E-state index is 13.9. The lowest BCUT2D eigenvalue weighted by molar-refractivity contribution is -0.356. The molecule has 5 aromatic carbocycles. The topological polar surface area (TPSA) is 89.5 Å². The summed E-state index contributed by atoms with van der Waals surface area (Å²) < 4.78 is 36.7. The summed E-state index contributed by atoms with van der Waals surface area (Å²) >= 11 is 0.